The molecule has 0 spiro atoms. The molecule has 98 valence electrons. The zero-order valence-electron chi connectivity index (χ0n) is 11.4. The van der Waals surface area contributed by atoms with Crippen molar-refractivity contribution in [2.24, 2.45) is 5.73 Å². The van der Waals surface area contributed by atoms with Crippen molar-refractivity contribution in [2.75, 3.05) is 6.61 Å². The summed E-state index contributed by atoms with van der Waals surface area (Å²) < 4.78 is 5.85. The van der Waals surface area contributed by atoms with E-state index in [1.54, 1.807) is 0 Å². The molecule has 1 aliphatic carbocycles. The Balaban J connectivity index is 1.90. The number of ether oxygens (including phenoxy) is 1. The van der Waals surface area contributed by atoms with Crippen molar-refractivity contribution in [3.05, 3.63) is 41.5 Å². The Labute approximate surface area is 110 Å². The third-order valence-corrected chi connectivity index (χ3v) is 3.61. The summed E-state index contributed by atoms with van der Waals surface area (Å²) in [4.78, 5) is 0. The molecule has 1 unspecified atom stereocenters. The molecule has 0 aromatic heterocycles. The number of rotatable bonds is 4. The largest absolute Gasteiger partial charge is 0.489 e. The second-order valence-corrected chi connectivity index (χ2v) is 5.51. The molecule has 1 aromatic carbocycles. The van der Waals surface area contributed by atoms with E-state index in [1.807, 2.05) is 6.07 Å². The molecule has 2 heteroatoms. The lowest BCUT2D eigenvalue weighted by molar-refractivity contribution is 0.329. The summed E-state index contributed by atoms with van der Waals surface area (Å²) in [6, 6.07) is 8.33. The molecular weight excluding hydrogens is 222 g/mol. The zero-order valence-corrected chi connectivity index (χ0v) is 11.4. The standard InChI is InChI=1S/C16H23NO/c1-3-13-5-4-6-15(11-13)18-12-14-7-9-16(2,17)10-8-14/h4-7,11H,3,8-10,12,17H2,1-2H3. The van der Waals surface area contributed by atoms with E-state index in [4.69, 9.17) is 10.5 Å². The average molecular weight is 245 g/mol. The summed E-state index contributed by atoms with van der Waals surface area (Å²) in [7, 11) is 0. The van der Waals surface area contributed by atoms with Gasteiger partial charge in [-0.2, -0.15) is 0 Å². The maximum absolute atomic E-state index is 6.10. The Kier molecular flexibility index (Phi) is 4.07. The third-order valence-electron chi connectivity index (χ3n) is 3.61. The number of nitrogens with two attached hydrogens (primary N) is 1. The molecular formula is C16H23NO. The van der Waals surface area contributed by atoms with Gasteiger partial charge in [-0.05, 0) is 55.9 Å². The van der Waals surface area contributed by atoms with Crippen LogP contribution < -0.4 is 10.5 Å². The van der Waals surface area contributed by atoms with Gasteiger partial charge >= 0.3 is 0 Å². The van der Waals surface area contributed by atoms with Crippen molar-refractivity contribution in [2.45, 2.75) is 45.1 Å². The highest BCUT2D eigenvalue weighted by Gasteiger charge is 2.21. The molecule has 1 atom stereocenters. The van der Waals surface area contributed by atoms with Gasteiger partial charge < -0.3 is 10.5 Å². The highest BCUT2D eigenvalue weighted by Crippen LogP contribution is 2.25. The van der Waals surface area contributed by atoms with Crippen LogP contribution in [0.15, 0.2) is 35.9 Å². The zero-order chi connectivity index (χ0) is 13.0. The topological polar surface area (TPSA) is 35.2 Å². The minimum atomic E-state index is -0.0222. The molecule has 18 heavy (non-hydrogen) atoms. The molecule has 0 radical (unpaired) electrons. The minimum absolute atomic E-state index is 0.0222. The molecule has 0 saturated carbocycles. The van der Waals surface area contributed by atoms with Crippen molar-refractivity contribution >= 4 is 0 Å². The predicted molar refractivity (Wildman–Crippen MR) is 75.8 cm³/mol. The summed E-state index contributed by atoms with van der Waals surface area (Å²) in [6.45, 7) is 4.97. The van der Waals surface area contributed by atoms with Crippen LogP contribution in [-0.4, -0.2) is 12.1 Å². The van der Waals surface area contributed by atoms with Crippen LogP contribution in [0, 0.1) is 0 Å². The Morgan fingerprint density at radius 3 is 2.89 bits per heavy atom. The lowest BCUT2D eigenvalue weighted by atomic mass is 9.85. The molecule has 1 aliphatic rings. The van der Waals surface area contributed by atoms with E-state index in [2.05, 4.69) is 38.1 Å². The van der Waals surface area contributed by atoms with Gasteiger partial charge in [0.2, 0.25) is 0 Å². The van der Waals surface area contributed by atoms with Crippen LogP contribution in [0.5, 0.6) is 5.75 Å². The first kappa shape index (κ1) is 13.2. The Morgan fingerprint density at radius 1 is 1.39 bits per heavy atom. The number of hydrogen-bond donors (Lipinski definition) is 1. The van der Waals surface area contributed by atoms with Gasteiger partial charge in [0.15, 0.2) is 0 Å². The first-order chi connectivity index (χ1) is 8.59. The summed E-state index contributed by atoms with van der Waals surface area (Å²) in [5.41, 5.74) is 8.77. The molecule has 0 heterocycles. The second-order valence-electron chi connectivity index (χ2n) is 5.51. The minimum Gasteiger partial charge on any atom is -0.489 e. The van der Waals surface area contributed by atoms with Gasteiger partial charge in [0.25, 0.3) is 0 Å². The Bertz CT molecular complexity index is 434. The first-order valence-electron chi connectivity index (χ1n) is 6.77. The van der Waals surface area contributed by atoms with E-state index in [9.17, 15) is 0 Å². The van der Waals surface area contributed by atoms with Crippen molar-refractivity contribution in [3.63, 3.8) is 0 Å². The van der Waals surface area contributed by atoms with Gasteiger partial charge in [0.1, 0.15) is 12.4 Å². The predicted octanol–water partition coefficient (Wildman–Crippen LogP) is 3.46. The fraction of sp³-hybridized carbons (Fsp3) is 0.500. The van der Waals surface area contributed by atoms with Crippen LogP contribution in [0.4, 0.5) is 0 Å². The van der Waals surface area contributed by atoms with Crippen LogP contribution >= 0.6 is 0 Å². The van der Waals surface area contributed by atoms with Crippen molar-refractivity contribution in [1.29, 1.82) is 0 Å². The first-order valence-corrected chi connectivity index (χ1v) is 6.77. The molecule has 0 fully saturated rings. The normalized spacial score (nSPS) is 23.6. The van der Waals surface area contributed by atoms with Crippen molar-refractivity contribution in [3.8, 4) is 5.75 Å². The van der Waals surface area contributed by atoms with E-state index in [0.29, 0.717) is 6.61 Å². The maximum Gasteiger partial charge on any atom is 0.120 e. The molecule has 2 rings (SSSR count). The van der Waals surface area contributed by atoms with E-state index in [-0.39, 0.29) is 5.54 Å². The lowest BCUT2D eigenvalue weighted by Crippen LogP contribution is -2.37. The Hall–Kier alpha value is -1.28. The number of aryl methyl sites for hydroxylation is 1. The summed E-state index contributed by atoms with van der Waals surface area (Å²) in [5, 5.41) is 0. The van der Waals surface area contributed by atoms with Crippen LogP contribution in [0.2, 0.25) is 0 Å². The van der Waals surface area contributed by atoms with Gasteiger partial charge in [-0.15, -0.1) is 0 Å². The fourth-order valence-electron chi connectivity index (χ4n) is 2.19. The van der Waals surface area contributed by atoms with Crippen LogP contribution in [0.3, 0.4) is 0 Å². The molecule has 1 aromatic rings. The van der Waals surface area contributed by atoms with Crippen LogP contribution in [-0.2, 0) is 6.42 Å². The molecule has 0 bridgehead atoms. The lowest BCUT2D eigenvalue weighted by Gasteiger charge is -2.28. The summed E-state index contributed by atoms with van der Waals surface area (Å²) >= 11 is 0. The second kappa shape index (κ2) is 5.57. The van der Waals surface area contributed by atoms with E-state index < -0.39 is 0 Å². The SMILES string of the molecule is CCc1cccc(OCC2=CCC(C)(N)CC2)c1. The summed E-state index contributed by atoms with van der Waals surface area (Å²) in [6.07, 6.45) is 6.36. The van der Waals surface area contributed by atoms with Crippen LogP contribution in [0.1, 0.15) is 38.7 Å². The highest BCUT2D eigenvalue weighted by molar-refractivity contribution is 5.29. The van der Waals surface area contributed by atoms with Crippen molar-refractivity contribution in [1.82, 2.24) is 0 Å². The van der Waals surface area contributed by atoms with Gasteiger partial charge in [-0.3, -0.25) is 0 Å². The van der Waals surface area contributed by atoms with Crippen molar-refractivity contribution < 1.29 is 4.74 Å². The molecule has 0 amide bonds. The summed E-state index contributed by atoms with van der Waals surface area (Å²) in [5.74, 6) is 0.969. The molecule has 0 aliphatic heterocycles. The molecule has 2 N–H and O–H groups in total. The molecule has 0 saturated heterocycles. The molecule has 2 nitrogen and oxygen atoms in total. The van der Waals surface area contributed by atoms with E-state index in [1.165, 1.54) is 11.1 Å². The van der Waals surface area contributed by atoms with Gasteiger partial charge in [0.05, 0.1) is 0 Å². The van der Waals surface area contributed by atoms with Gasteiger partial charge in [-0.25, -0.2) is 0 Å². The van der Waals surface area contributed by atoms with Crippen LogP contribution in [0.25, 0.3) is 0 Å². The smallest absolute Gasteiger partial charge is 0.120 e. The number of benzene rings is 1. The Morgan fingerprint density at radius 2 is 2.22 bits per heavy atom. The van der Waals surface area contributed by atoms with Gasteiger partial charge in [0, 0.05) is 5.54 Å². The highest BCUT2D eigenvalue weighted by atomic mass is 16.5. The fourth-order valence-corrected chi connectivity index (χ4v) is 2.19. The average Bonchev–Trinajstić information content (AvgIpc) is 2.38. The monoisotopic (exact) mass is 245 g/mol. The van der Waals surface area contributed by atoms with E-state index in [0.717, 1.165) is 31.4 Å². The quantitative estimate of drug-likeness (QED) is 0.825. The number of hydrogen-bond acceptors (Lipinski definition) is 2. The third kappa shape index (κ3) is 3.61. The maximum atomic E-state index is 6.10. The van der Waals surface area contributed by atoms with E-state index >= 15 is 0 Å². The van der Waals surface area contributed by atoms with Gasteiger partial charge in [-0.1, -0.05) is 25.1 Å².